The minimum Gasteiger partial charge on any atom is -0.398 e. The van der Waals surface area contributed by atoms with Crippen LogP contribution in [-0.2, 0) is 0 Å². The fourth-order valence-corrected chi connectivity index (χ4v) is 2.75. The Labute approximate surface area is 133 Å². The molecule has 110 valence electrons. The van der Waals surface area contributed by atoms with E-state index >= 15 is 0 Å². The van der Waals surface area contributed by atoms with Crippen molar-refractivity contribution in [2.75, 3.05) is 5.73 Å². The zero-order chi connectivity index (χ0) is 15.6. The number of hydrogen-bond acceptors (Lipinski definition) is 2. The summed E-state index contributed by atoms with van der Waals surface area (Å²) < 4.78 is 0.834. The number of nitrogen functional groups attached to an aromatic ring is 1. The monoisotopic (exact) mass is 346 g/mol. The first-order chi connectivity index (χ1) is 9.88. The molecule has 21 heavy (non-hydrogen) atoms. The number of halogens is 1. The topological polar surface area (TPSA) is 55.1 Å². The van der Waals surface area contributed by atoms with Gasteiger partial charge in [0.25, 0.3) is 5.91 Å². The smallest absolute Gasteiger partial charge is 0.253 e. The van der Waals surface area contributed by atoms with Crippen LogP contribution in [0.15, 0.2) is 40.9 Å². The maximum Gasteiger partial charge on any atom is 0.253 e. The van der Waals surface area contributed by atoms with Crippen LogP contribution in [-0.4, -0.2) is 5.91 Å². The molecule has 0 saturated heterocycles. The number of carbonyl (C=O) groups excluding carboxylic acids is 1. The number of hydrogen-bond donors (Lipinski definition) is 2. The average molecular weight is 347 g/mol. The van der Waals surface area contributed by atoms with Gasteiger partial charge in [-0.2, -0.15) is 0 Å². The van der Waals surface area contributed by atoms with Crippen LogP contribution in [0.1, 0.15) is 40.0 Å². The van der Waals surface area contributed by atoms with Crippen LogP contribution >= 0.6 is 15.9 Å². The van der Waals surface area contributed by atoms with Gasteiger partial charge in [-0.15, -0.1) is 0 Å². The summed E-state index contributed by atoms with van der Waals surface area (Å²) in [6.07, 6.45) is 0. The van der Waals surface area contributed by atoms with E-state index in [2.05, 4.69) is 53.3 Å². The Morgan fingerprint density at radius 1 is 1.19 bits per heavy atom. The van der Waals surface area contributed by atoms with Crippen LogP contribution in [0.2, 0.25) is 0 Å². The van der Waals surface area contributed by atoms with Crippen LogP contribution < -0.4 is 11.1 Å². The van der Waals surface area contributed by atoms with Gasteiger partial charge >= 0.3 is 0 Å². The van der Waals surface area contributed by atoms with E-state index < -0.39 is 0 Å². The second kappa shape index (κ2) is 6.31. The zero-order valence-corrected chi connectivity index (χ0v) is 14.0. The molecule has 0 aliphatic rings. The standard InChI is InChI=1S/C17H19BrN2O/c1-10-4-6-14(11(2)8-10)12(3)20-17(21)15-9-13(18)5-7-16(15)19/h4-9,12H,19H2,1-3H3,(H,20,21). The van der Waals surface area contributed by atoms with Crippen molar-refractivity contribution < 1.29 is 4.79 Å². The highest BCUT2D eigenvalue weighted by Crippen LogP contribution is 2.22. The molecule has 1 amide bonds. The Kier molecular flexibility index (Phi) is 4.68. The number of carbonyl (C=O) groups is 1. The van der Waals surface area contributed by atoms with Crippen molar-refractivity contribution in [2.45, 2.75) is 26.8 Å². The Hall–Kier alpha value is -1.81. The second-order valence-electron chi connectivity index (χ2n) is 5.29. The number of nitrogens with two attached hydrogens (primary N) is 1. The Balaban J connectivity index is 2.20. The molecule has 0 aliphatic heterocycles. The minimum atomic E-state index is -0.165. The van der Waals surface area contributed by atoms with Gasteiger partial charge in [-0.25, -0.2) is 0 Å². The number of rotatable bonds is 3. The van der Waals surface area contributed by atoms with E-state index in [1.54, 1.807) is 12.1 Å². The van der Waals surface area contributed by atoms with Gasteiger partial charge in [0.1, 0.15) is 0 Å². The lowest BCUT2D eigenvalue weighted by atomic mass is 10.00. The third-order valence-electron chi connectivity index (χ3n) is 3.50. The molecule has 1 atom stereocenters. The van der Waals surface area contributed by atoms with Gasteiger partial charge < -0.3 is 11.1 Å². The molecule has 0 aliphatic carbocycles. The van der Waals surface area contributed by atoms with Crippen molar-refractivity contribution in [3.63, 3.8) is 0 Å². The van der Waals surface area contributed by atoms with E-state index in [0.717, 1.165) is 10.0 Å². The molecule has 4 heteroatoms. The van der Waals surface area contributed by atoms with Crippen molar-refractivity contribution >= 4 is 27.5 Å². The Bertz CT molecular complexity index is 682. The lowest BCUT2D eigenvalue weighted by molar-refractivity contribution is 0.0940. The molecule has 0 radical (unpaired) electrons. The second-order valence-corrected chi connectivity index (χ2v) is 6.20. The Morgan fingerprint density at radius 2 is 1.90 bits per heavy atom. The lowest BCUT2D eigenvalue weighted by Crippen LogP contribution is -2.27. The molecular formula is C17H19BrN2O. The van der Waals surface area contributed by atoms with E-state index in [9.17, 15) is 4.79 Å². The fraction of sp³-hybridized carbons (Fsp3) is 0.235. The summed E-state index contributed by atoms with van der Waals surface area (Å²) in [7, 11) is 0. The summed E-state index contributed by atoms with van der Waals surface area (Å²) in [5.41, 5.74) is 10.3. The third-order valence-corrected chi connectivity index (χ3v) is 3.99. The third kappa shape index (κ3) is 3.64. The summed E-state index contributed by atoms with van der Waals surface area (Å²) in [5, 5.41) is 3.00. The number of aryl methyl sites for hydroxylation is 2. The number of amides is 1. The van der Waals surface area contributed by atoms with Crippen molar-refractivity contribution in [2.24, 2.45) is 0 Å². The molecule has 2 aromatic rings. The number of benzene rings is 2. The molecule has 0 saturated carbocycles. The van der Waals surface area contributed by atoms with Gasteiger partial charge in [0.2, 0.25) is 0 Å². The quantitative estimate of drug-likeness (QED) is 0.820. The summed E-state index contributed by atoms with van der Waals surface area (Å²) >= 11 is 3.36. The van der Waals surface area contributed by atoms with E-state index in [0.29, 0.717) is 11.3 Å². The fourth-order valence-electron chi connectivity index (χ4n) is 2.39. The van der Waals surface area contributed by atoms with E-state index in [1.165, 1.54) is 11.1 Å². The Morgan fingerprint density at radius 3 is 2.57 bits per heavy atom. The molecule has 0 aromatic heterocycles. The maximum atomic E-state index is 12.4. The number of nitrogens with one attached hydrogen (secondary N) is 1. The lowest BCUT2D eigenvalue weighted by Gasteiger charge is -2.18. The summed E-state index contributed by atoms with van der Waals surface area (Å²) in [6.45, 7) is 6.09. The van der Waals surface area contributed by atoms with Crippen LogP contribution in [0.4, 0.5) is 5.69 Å². The van der Waals surface area contributed by atoms with Gasteiger partial charge in [-0.05, 0) is 50.1 Å². The largest absolute Gasteiger partial charge is 0.398 e. The van der Waals surface area contributed by atoms with Crippen LogP contribution in [0.25, 0.3) is 0 Å². The van der Waals surface area contributed by atoms with Crippen LogP contribution in [0.5, 0.6) is 0 Å². The van der Waals surface area contributed by atoms with Gasteiger partial charge in [0, 0.05) is 10.2 Å². The predicted octanol–water partition coefficient (Wildman–Crippen LogP) is 4.14. The van der Waals surface area contributed by atoms with Crippen molar-refractivity contribution in [3.8, 4) is 0 Å². The highest BCUT2D eigenvalue weighted by Gasteiger charge is 2.15. The molecular weight excluding hydrogens is 328 g/mol. The molecule has 0 fully saturated rings. The number of anilines is 1. The van der Waals surface area contributed by atoms with Gasteiger partial charge in [-0.1, -0.05) is 39.7 Å². The average Bonchev–Trinajstić information content (AvgIpc) is 2.41. The SMILES string of the molecule is Cc1ccc(C(C)NC(=O)c2cc(Br)ccc2N)c(C)c1. The predicted molar refractivity (Wildman–Crippen MR) is 90.4 cm³/mol. The minimum absolute atomic E-state index is 0.0727. The molecule has 0 heterocycles. The molecule has 2 rings (SSSR count). The zero-order valence-electron chi connectivity index (χ0n) is 12.4. The van der Waals surface area contributed by atoms with Gasteiger partial charge in [0.05, 0.1) is 11.6 Å². The molecule has 3 N–H and O–H groups in total. The molecule has 0 bridgehead atoms. The van der Waals surface area contributed by atoms with Crippen molar-refractivity contribution in [3.05, 3.63) is 63.1 Å². The summed E-state index contributed by atoms with van der Waals surface area (Å²) in [4.78, 5) is 12.4. The first-order valence-electron chi connectivity index (χ1n) is 6.81. The van der Waals surface area contributed by atoms with Crippen LogP contribution in [0, 0.1) is 13.8 Å². The highest BCUT2D eigenvalue weighted by molar-refractivity contribution is 9.10. The molecule has 0 spiro atoms. The normalized spacial score (nSPS) is 12.0. The van der Waals surface area contributed by atoms with Crippen molar-refractivity contribution in [1.82, 2.24) is 5.32 Å². The first-order valence-corrected chi connectivity index (χ1v) is 7.61. The maximum absolute atomic E-state index is 12.4. The van der Waals surface area contributed by atoms with E-state index in [1.807, 2.05) is 13.0 Å². The summed E-state index contributed by atoms with van der Waals surface area (Å²) in [6, 6.07) is 11.4. The van der Waals surface area contributed by atoms with E-state index in [4.69, 9.17) is 5.73 Å². The molecule has 3 nitrogen and oxygen atoms in total. The van der Waals surface area contributed by atoms with Crippen LogP contribution in [0.3, 0.4) is 0 Å². The summed E-state index contributed by atoms with van der Waals surface area (Å²) in [5.74, 6) is -0.165. The highest BCUT2D eigenvalue weighted by atomic mass is 79.9. The van der Waals surface area contributed by atoms with E-state index in [-0.39, 0.29) is 11.9 Å². The first kappa shape index (κ1) is 15.6. The van der Waals surface area contributed by atoms with Gasteiger partial charge in [-0.3, -0.25) is 4.79 Å². The van der Waals surface area contributed by atoms with Crippen molar-refractivity contribution in [1.29, 1.82) is 0 Å². The molecule has 2 aromatic carbocycles. The van der Waals surface area contributed by atoms with Gasteiger partial charge in [0.15, 0.2) is 0 Å². The molecule has 1 unspecified atom stereocenters.